The summed E-state index contributed by atoms with van der Waals surface area (Å²) in [6.45, 7) is 0. The van der Waals surface area contributed by atoms with Crippen LogP contribution in [0, 0.1) is 72.9 Å². The Bertz CT molecular complexity index is 1260. The maximum Gasteiger partial charge on any atom is 2.00 e. The largest absolute Gasteiger partial charge is 2.00 e. The topological polar surface area (TPSA) is 0 Å². The average molecular weight is 1810 g/mol. The van der Waals surface area contributed by atoms with Crippen molar-refractivity contribution in [2.75, 3.05) is 0 Å². The van der Waals surface area contributed by atoms with Crippen molar-refractivity contribution in [3.8, 4) is 0 Å². The Hall–Kier alpha value is -1.44. The van der Waals surface area contributed by atoms with Crippen LogP contribution < -0.4 is 99.3 Å². The second-order valence-corrected chi connectivity index (χ2v) is 9.47. The van der Waals surface area contributed by atoms with Gasteiger partial charge in [0.1, 0.15) is 0 Å². The van der Waals surface area contributed by atoms with Crippen LogP contribution >= 0.6 is 0 Å². The van der Waals surface area contributed by atoms with Crippen molar-refractivity contribution in [3.05, 3.63) is 328 Å². The molecule has 0 saturated heterocycles. The zero-order valence-corrected chi connectivity index (χ0v) is 55.0. The summed E-state index contributed by atoms with van der Waals surface area (Å²) in [6, 6.07) is 75.0. The number of halogens is 8. The fourth-order valence-electron chi connectivity index (χ4n) is 2.96. The van der Waals surface area contributed by atoms with E-state index in [4.69, 9.17) is 0 Å². The SMILES string of the molecule is [Bi+2].[Bi+2].[Bi+2].[Bi+2].[C+]1=CC=C[C-]=C1.[C+]1=CC=C[C-]=C1.[C+]1=CC=C[C-]=C1.[Cl-].[Cl-].[Cl-].[Cl-].[Cl-].[Cl-].[Cl-].[Cl-].[c]1ccccc1.[c]1ccccc1.[c]1ccccc1.[c]1ccccc1.[c]1ccccc1.[c]1ccccc1. The minimum atomic E-state index is 0. The molecule has 18 radical (unpaired) electrons. The monoisotopic (exact) mass is 1810 g/mol. The van der Waals surface area contributed by atoms with Crippen LogP contribution in [-0.4, -0.2) is 105 Å². The van der Waals surface area contributed by atoms with Crippen molar-refractivity contribution < 1.29 is 99.3 Å². The summed E-state index contributed by atoms with van der Waals surface area (Å²) in [5.41, 5.74) is 0. The van der Waals surface area contributed by atoms with Crippen LogP contribution in [0.4, 0.5) is 0 Å². The van der Waals surface area contributed by atoms with Gasteiger partial charge in [-0.15, -0.1) is 18.2 Å². The molecule has 6 aromatic rings. The van der Waals surface area contributed by atoms with E-state index in [1.165, 1.54) is 0 Å². The van der Waals surface area contributed by atoms with Gasteiger partial charge >= 0.3 is 105 Å². The molecule has 12 heteroatoms. The summed E-state index contributed by atoms with van der Waals surface area (Å²) < 4.78 is 0. The van der Waals surface area contributed by atoms with Gasteiger partial charge in [0, 0.05) is 0 Å². The first-order chi connectivity index (χ1) is 27.0. The molecule has 0 saturated carbocycles. The number of hydrogen-bond donors (Lipinski definition) is 0. The molecule has 3 aliphatic rings. The van der Waals surface area contributed by atoms with Crippen LogP contribution in [0.15, 0.2) is 255 Å². The molecule has 0 fully saturated rings. The molecule has 0 bridgehead atoms. The number of hydrogen-bond acceptors (Lipinski definition) is 0. The molecule has 0 heterocycles. The standard InChI is InChI=1S/6C6H5.3C6H4.4Bi.8ClH/c9*1-2-4-6-5-3-1;;;;;;;;;;;;/h6*1-5H;3*1-3,6H;;;;;8*1H/q;;;;;;;;;4*+2;;;;;;;;/p-8. The van der Waals surface area contributed by atoms with E-state index in [1.54, 1.807) is 18.2 Å². The van der Waals surface area contributed by atoms with E-state index in [1.807, 2.05) is 237 Å². The average Bonchev–Trinajstić information content (AvgIpc) is 3.33. The Morgan fingerprint density at radius 2 is 0.379 bits per heavy atom. The van der Waals surface area contributed by atoms with Crippen molar-refractivity contribution >= 4 is 105 Å². The van der Waals surface area contributed by atoms with Crippen LogP contribution in [-0.2, 0) is 0 Å². The molecule has 6 aromatic carbocycles. The maximum atomic E-state index is 2.89. The first kappa shape index (κ1) is 94.4. The predicted octanol–water partition coefficient (Wildman–Crippen LogP) is -12.7. The van der Waals surface area contributed by atoms with Gasteiger partial charge in [-0.1, -0.05) is 218 Å². The van der Waals surface area contributed by atoms with Gasteiger partial charge in [-0.2, -0.15) is 0 Å². The van der Waals surface area contributed by atoms with Crippen LogP contribution in [0.5, 0.6) is 0 Å². The first-order valence-corrected chi connectivity index (χ1v) is 16.9. The molecule has 0 aliphatic heterocycles. The third-order valence-corrected chi connectivity index (χ3v) is 5.30. The quantitative estimate of drug-likeness (QED) is 0.105. The van der Waals surface area contributed by atoms with Crippen molar-refractivity contribution in [3.63, 3.8) is 0 Å². The third-order valence-electron chi connectivity index (χ3n) is 5.30. The molecule has 0 N–H and O–H groups in total. The zero-order valence-electron chi connectivity index (χ0n) is 35.1. The fourth-order valence-corrected chi connectivity index (χ4v) is 2.96. The number of allylic oxidation sites excluding steroid dienone is 18. The summed E-state index contributed by atoms with van der Waals surface area (Å²) >= 11 is 0. The van der Waals surface area contributed by atoms with E-state index in [0.29, 0.717) is 0 Å². The van der Waals surface area contributed by atoms with Gasteiger partial charge in [-0.05, 0) is 91.1 Å². The van der Waals surface area contributed by atoms with Crippen LogP contribution in [0.25, 0.3) is 0 Å². The number of rotatable bonds is 0. The molecular weight excluding hydrogens is 1770 g/mol. The Morgan fingerprint density at radius 3 is 0.409 bits per heavy atom. The van der Waals surface area contributed by atoms with Gasteiger partial charge in [-0.25, -0.2) is 0 Å². The van der Waals surface area contributed by atoms with Crippen molar-refractivity contribution in [1.82, 2.24) is 0 Å². The van der Waals surface area contributed by atoms with E-state index in [0.717, 1.165) is 0 Å². The van der Waals surface area contributed by atoms with Gasteiger partial charge in [0.2, 0.25) is 0 Å². The van der Waals surface area contributed by atoms with E-state index in [-0.39, 0.29) is 204 Å². The van der Waals surface area contributed by atoms with Gasteiger partial charge < -0.3 is 99.3 Å². The Morgan fingerprint density at radius 1 is 0.227 bits per heavy atom. The van der Waals surface area contributed by atoms with E-state index < -0.39 is 0 Å². The Balaban J connectivity index is -0.0000000486. The molecular formula is C54H42Bi4Cl8. The van der Waals surface area contributed by atoms with Gasteiger partial charge in [0.15, 0.2) is 0 Å². The van der Waals surface area contributed by atoms with Crippen LogP contribution in [0.2, 0.25) is 0 Å². The molecule has 9 rings (SSSR count). The van der Waals surface area contributed by atoms with Gasteiger partial charge in [0.05, 0.1) is 0 Å². The summed E-state index contributed by atoms with van der Waals surface area (Å²) in [5.74, 6) is 0. The van der Waals surface area contributed by atoms with E-state index in [2.05, 4.69) is 72.9 Å². The summed E-state index contributed by atoms with van der Waals surface area (Å²) in [4.78, 5) is 0. The van der Waals surface area contributed by atoms with E-state index in [9.17, 15) is 0 Å². The molecule has 66 heavy (non-hydrogen) atoms. The van der Waals surface area contributed by atoms with Crippen molar-refractivity contribution in [1.29, 1.82) is 0 Å². The summed E-state index contributed by atoms with van der Waals surface area (Å²) in [6.07, 6.45) is 39.0. The van der Waals surface area contributed by atoms with Crippen LogP contribution in [0.3, 0.4) is 0 Å². The maximum absolute atomic E-state index is 2.89. The summed E-state index contributed by atoms with van der Waals surface area (Å²) in [7, 11) is 0. The predicted molar refractivity (Wildman–Crippen MR) is 249 cm³/mol. The summed E-state index contributed by atoms with van der Waals surface area (Å²) in [5, 5.41) is 0. The minimum absolute atomic E-state index is 0. The third kappa shape index (κ3) is 85.8. The molecule has 0 aromatic heterocycles. The Labute approximate surface area is 524 Å². The second kappa shape index (κ2) is 90.0. The minimum Gasteiger partial charge on any atom is -1.00 e. The number of benzene rings is 6. The Kier molecular flexibility index (Phi) is 129. The van der Waals surface area contributed by atoms with Crippen LogP contribution in [0.1, 0.15) is 0 Å². The molecule has 0 spiro atoms. The van der Waals surface area contributed by atoms with E-state index >= 15 is 0 Å². The normalized spacial score (nSPS) is 8.36. The molecule has 334 valence electrons. The molecule has 0 amide bonds. The van der Waals surface area contributed by atoms with Gasteiger partial charge in [0.25, 0.3) is 0 Å². The first-order valence-electron chi connectivity index (χ1n) is 16.9. The van der Waals surface area contributed by atoms with Crippen molar-refractivity contribution in [2.45, 2.75) is 0 Å². The fraction of sp³-hybridized carbons (Fsp3) is 0. The zero-order chi connectivity index (χ0) is 38.2. The second-order valence-electron chi connectivity index (χ2n) is 9.47. The molecule has 3 aliphatic carbocycles. The molecule has 0 atom stereocenters. The smallest absolute Gasteiger partial charge is 1.00 e. The van der Waals surface area contributed by atoms with Gasteiger partial charge in [-0.3, -0.25) is 0 Å². The van der Waals surface area contributed by atoms with Crippen molar-refractivity contribution in [2.24, 2.45) is 0 Å². The molecule has 0 unspecified atom stereocenters. The molecule has 0 nitrogen and oxygen atoms in total.